The van der Waals surface area contributed by atoms with Gasteiger partial charge in [-0.1, -0.05) is 38.1 Å². The molecule has 228 valence electrons. The first-order valence-electron chi connectivity index (χ1n) is 13.7. The van der Waals surface area contributed by atoms with Gasteiger partial charge in [-0.05, 0) is 54.3 Å². The lowest BCUT2D eigenvalue weighted by atomic mass is 9.92. The van der Waals surface area contributed by atoms with Gasteiger partial charge in [0.25, 0.3) is 0 Å². The molecule has 43 heavy (non-hydrogen) atoms. The Morgan fingerprint density at radius 1 is 0.837 bits per heavy atom. The van der Waals surface area contributed by atoms with Gasteiger partial charge in [0.2, 0.25) is 11.8 Å². The molecule has 2 aromatic carbocycles. The minimum absolute atomic E-state index is 0.0941. The second-order valence-electron chi connectivity index (χ2n) is 10.2. The van der Waals surface area contributed by atoms with Gasteiger partial charge in [0.05, 0.1) is 38.6 Å². The summed E-state index contributed by atoms with van der Waals surface area (Å²) in [5, 5.41) is 20.4. The quantitative estimate of drug-likeness (QED) is 0.173. The zero-order valence-corrected chi connectivity index (χ0v) is 24.5. The third-order valence-electron chi connectivity index (χ3n) is 6.38. The molecule has 12 heteroatoms. The van der Waals surface area contributed by atoms with Crippen molar-refractivity contribution in [3.05, 3.63) is 72.4 Å². The van der Waals surface area contributed by atoms with E-state index in [9.17, 15) is 24.3 Å². The van der Waals surface area contributed by atoms with Crippen molar-refractivity contribution in [2.24, 2.45) is 11.8 Å². The number of ether oxygens (including phenoxy) is 2. The van der Waals surface area contributed by atoms with Gasteiger partial charge < -0.3 is 30.5 Å². The van der Waals surface area contributed by atoms with E-state index in [2.05, 4.69) is 26.3 Å². The van der Waals surface area contributed by atoms with Crippen LogP contribution in [0.4, 0.5) is 22.0 Å². The van der Waals surface area contributed by atoms with E-state index in [0.717, 1.165) is 0 Å². The van der Waals surface area contributed by atoms with Crippen molar-refractivity contribution in [3.8, 4) is 11.5 Å². The van der Waals surface area contributed by atoms with Crippen LogP contribution < -0.4 is 30.7 Å². The summed E-state index contributed by atoms with van der Waals surface area (Å²) in [6.45, 7) is 3.87. The van der Waals surface area contributed by atoms with Crippen LogP contribution in [0.5, 0.6) is 11.5 Å². The van der Waals surface area contributed by atoms with Crippen molar-refractivity contribution in [3.63, 3.8) is 0 Å². The highest BCUT2D eigenvalue weighted by atomic mass is 16.5. The van der Waals surface area contributed by atoms with E-state index in [1.807, 2.05) is 19.9 Å². The molecule has 0 saturated heterocycles. The number of pyridine rings is 1. The Kier molecular flexibility index (Phi) is 11.9. The molecule has 0 spiro atoms. The molecule has 0 saturated carbocycles. The molecule has 0 aliphatic carbocycles. The normalized spacial score (nSPS) is 12.0. The van der Waals surface area contributed by atoms with Crippen molar-refractivity contribution >= 4 is 41.0 Å². The number of carboxylic acid groups (broad SMARTS) is 1. The molecule has 3 rings (SSSR count). The molecule has 4 amide bonds. The second kappa shape index (κ2) is 15.8. The van der Waals surface area contributed by atoms with Crippen molar-refractivity contribution in [1.29, 1.82) is 0 Å². The van der Waals surface area contributed by atoms with Crippen molar-refractivity contribution in [1.82, 2.24) is 10.3 Å². The zero-order valence-electron chi connectivity index (χ0n) is 24.5. The smallest absolute Gasteiger partial charge is 0.324 e. The van der Waals surface area contributed by atoms with Crippen LogP contribution in [0.2, 0.25) is 0 Å². The van der Waals surface area contributed by atoms with E-state index >= 15 is 0 Å². The number of nitrogens with zero attached hydrogens (tertiary/aromatic N) is 1. The molecule has 0 aliphatic rings. The average Bonchev–Trinajstić information content (AvgIpc) is 2.97. The Bertz CT molecular complexity index is 1400. The number of carbonyl (C=O) groups is 4. The van der Waals surface area contributed by atoms with Crippen LogP contribution in [0.25, 0.3) is 0 Å². The third kappa shape index (κ3) is 10.3. The number of carboxylic acids is 1. The number of para-hydroxylation sites is 1. The maximum absolute atomic E-state index is 13.4. The minimum atomic E-state index is -1.10. The van der Waals surface area contributed by atoms with E-state index in [1.165, 1.54) is 26.5 Å². The van der Waals surface area contributed by atoms with Crippen LogP contribution in [-0.2, 0) is 14.4 Å². The maximum Gasteiger partial charge on any atom is 0.324 e. The first-order chi connectivity index (χ1) is 20.6. The van der Waals surface area contributed by atoms with E-state index in [4.69, 9.17) is 9.47 Å². The van der Waals surface area contributed by atoms with Gasteiger partial charge in [0.1, 0.15) is 5.82 Å². The Labute approximate surface area is 250 Å². The molecule has 1 heterocycles. The lowest BCUT2D eigenvalue weighted by Gasteiger charge is -2.24. The molecule has 0 bridgehead atoms. The largest absolute Gasteiger partial charge is 0.493 e. The number of aliphatic carboxylic acids is 1. The van der Waals surface area contributed by atoms with Crippen LogP contribution >= 0.6 is 0 Å². The van der Waals surface area contributed by atoms with E-state index in [0.29, 0.717) is 34.9 Å². The van der Waals surface area contributed by atoms with Gasteiger partial charge >= 0.3 is 12.0 Å². The first kappa shape index (κ1) is 32.4. The van der Waals surface area contributed by atoms with Gasteiger partial charge in [-0.3, -0.25) is 19.7 Å². The van der Waals surface area contributed by atoms with Gasteiger partial charge in [-0.2, -0.15) is 0 Å². The summed E-state index contributed by atoms with van der Waals surface area (Å²) in [7, 11) is 2.95. The topological polar surface area (TPSA) is 168 Å². The molecule has 2 unspecified atom stereocenters. The summed E-state index contributed by atoms with van der Waals surface area (Å²) in [5.41, 5.74) is 1.54. The number of amides is 4. The number of anilines is 3. The molecule has 3 aromatic rings. The van der Waals surface area contributed by atoms with Gasteiger partial charge in [-0.15, -0.1) is 0 Å². The van der Waals surface area contributed by atoms with Crippen LogP contribution in [0.1, 0.15) is 44.7 Å². The summed E-state index contributed by atoms with van der Waals surface area (Å²) < 4.78 is 10.6. The molecule has 0 fully saturated rings. The fraction of sp³-hybridized carbons (Fsp3) is 0.323. The van der Waals surface area contributed by atoms with Crippen LogP contribution in [0, 0.1) is 11.8 Å². The summed E-state index contributed by atoms with van der Waals surface area (Å²) >= 11 is 0. The highest BCUT2D eigenvalue weighted by Gasteiger charge is 2.27. The van der Waals surface area contributed by atoms with Crippen molar-refractivity contribution in [2.45, 2.75) is 39.2 Å². The number of nitrogens with one attached hydrogen (secondary N) is 4. The number of urea groups is 1. The summed E-state index contributed by atoms with van der Waals surface area (Å²) in [5.74, 6) is -1.42. The molecule has 5 N–H and O–H groups in total. The fourth-order valence-corrected chi connectivity index (χ4v) is 4.42. The van der Waals surface area contributed by atoms with E-state index in [-0.39, 0.29) is 24.6 Å². The summed E-state index contributed by atoms with van der Waals surface area (Å²) in [6.07, 6.45) is 1.31. The van der Waals surface area contributed by atoms with Crippen LogP contribution in [0.3, 0.4) is 0 Å². The summed E-state index contributed by atoms with van der Waals surface area (Å²) in [4.78, 5) is 54.3. The highest BCUT2D eigenvalue weighted by Crippen LogP contribution is 2.31. The number of hydrogen-bond donors (Lipinski definition) is 5. The molecule has 0 aliphatic heterocycles. The predicted molar refractivity (Wildman–Crippen MR) is 162 cm³/mol. The van der Waals surface area contributed by atoms with Gasteiger partial charge in [-0.25, -0.2) is 9.78 Å². The molecular formula is C31H37N5O7. The predicted octanol–water partition coefficient (Wildman–Crippen LogP) is 5.07. The van der Waals surface area contributed by atoms with Crippen molar-refractivity contribution in [2.75, 3.05) is 30.2 Å². The Hall–Kier alpha value is -5.13. The molecule has 0 radical (unpaired) electrons. The molecule has 12 nitrogen and oxygen atoms in total. The maximum atomic E-state index is 13.4. The second-order valence-corrected chi connectivity index (χ2v) is 10.2. The van der Waals surface area contributed by atoms with Gasteiger partial charge in [0, 0.05) is 18.0 Å². The molecular weight excluding hydrogens is 554 g/mol. The van der Waals surface area contributed by atoms with Crippen LogP contribution in [0.15, 0.2) is 66.9 Å². The van der Waals surface area contributed by atoms with E-state index in [1.54, 1.807) is 48.5 Å². The third-order valence-corrected chi connectivity index (χ3v) is 6.38. The number of carbonyl (C=O) groups excluding carboxylic acids is 3. The highest BCUT2D eigenvalue weighted by molar-refractivity contribution is 5.99. The molecule has 1 aromatic heterocycles. The monoisotopic (exact) mass is 591 g/mol. The fourth-order valence-electron chi connectivity index (χ4n) is 4.42. The van der Waals surface area contributed by atoms with E-state index < -0.39 is 35.8 Å². The Balaban J connectivity index is 1.64. The Morgan fingerprint density at radius 3 is 2.16 bits per heavy atom. The standard InChI is InChI=1S/C31H37N5O7/c1-19(2)14-21(30(40)35-24(17-29(38)39)20-10-12-25(42-3)26(15-20)43-4)16-28(37)33-23-11-13-27(32-18-23)36-31(41)34-22-8-6-5-7-9-22/h5-13,15,18-19,21,24H,14,16-17H2,1-4H3,(H,33,37)(H,35,40)(H,38,39)(H2,32,34,36,41). The summed E-state index contributed by atoms with van der Waals surface area (Å²) in [6, 6.07) is 15.7. The number of benzene rings is 2. The Morgan fingerprint density at radius 2 is 1.56 bits per heavy atom. The minimum Gasteiger partial charge on any atom is -0.493 e. The lowest BCUT2D eigenvalue weighted by molar-refractivity contribution is -0.138. The number of aromatic nitrogens is 1. The first-order valence-corrected chi connectivity index (χ1v) is 13.7. The van der Waals surface area contributed by atoms with Gasteiger partial charge in [0.15, 0.2) is 11.5 Å². The lowest BCUT2D eigenvalue weighted by Crippen LogP contribution is -2.37. The SMILES string of the molecule is COc1ccc(C(CC(=O)O)NC(=O)C(CC(=O)Nc2ccc(NC(=O)Nc3ccccc3)nc2)CC(C)C)cc1OC. The molecule has 2 atom stereocenters. The van der Waals surface area contributed by atoms with Crippen molar-refractivity contribution < 1.29 is 33.8 Å². The number of rotatable bonds is 14. The average molecular weight is 592 g/mol. The zero-order chi connectivity index (χ0) is 31.4. The van der Waals surface area contributed by atoms with Crippen LogP contribution in [-0.4, -0.2) is 48.1 Å². The number of hydrogen-bond acceptors (Lipinski definition) is 7. The number of methoxy groups -OCH3 is 2.